The van der Waals surface area contributed by atoms with E-state index in [9.17, 15) is 9.59 Å². The summed E-state index contributed by atoms with van der Waals surface area (Å²) in [5.74, 6) is 1.44. The van der Waals surface area contributed by atoms with Crippen LogP contribution in [0.2, 0.25) is 0 Å². The lowest BCUT2D eigenvalue weighted by atomic mass is 10.1. The van der Waals surface area contributed by atoms with Gasteiger partial charge < -0.3 is 24.0 Å². The van der Waals surface area contributed by atoms with Gasteiger partial charge in [0.1, 0.15) is 5.69 Å². The van der Waals surface area contributed by atoms with Crippen LogP contribution < -0.4 is 9.47 Å². The van der Waals surface area contributed by atoms with Gasteiger partial charge in [0.15, 0.2) is 11.5 Å². The minimum atomic E-state index is -0.209. The molecule has 1 atom stereocenters. The van der Waals surface area contributed by atoms with Gasteiger partial charge in [-0.1, -0.05) is 6.07 Å². The summed E-state index contributed by atoms with van der Waals surface area (Å²) in [5, 5.41) is 0. The highest BCUT2D eigenvalue weighted by molar-refractivity contribution is 5.92. The Morgan fingerprint density at radius 3 is 2.67 bits per heavy atom. The number of amides is 2. The second kappa shape index (κ2) is 11.2. The number of carbonyl (C=O) groups excluding carboxylic acids is 2. The number of piperazine rings is 1. The maximum atomic E-state index is 13.1. The van der Waals surface area contributed by atoms with Crippen molar-refractivity contribution in [3.63, 3.8) is 0 Å². The summed E-state index contributed by atoms with van der Waals surface area (Å²) in [4.78, 5) is 40.5. The van der Waals surface area contributed by atoms with E-state index in [0.29, 0.717) is 38.5 Å². The van der Waals surface area contributed by atoms with Crippen LogP contribution in [0, 0.1) is 6.92 Å². The van der Waals surface area contributed by atoms with E-state index < -0.39 is 0 Å². The van der Waals surface area contributed by atoms with E-state index in [0.717, 1.165) is 49.7 Å². The molecule has 4 heterocycles. The number of carbonyl (C=O) groups is 2. The summed E-state index contributed by atoms with van der Waals surface area (Å²) < 4.78 is 16.6. The summed E-state index contributed by atoms with van der Waals surface area (Å²) in [6.45, 7) is 7.38. The third-order valence-corrected chi connectivity index (χ3v) is 6.90. The number of fused-ring (bicyclic) bond motifs is 1. The number of ether oxygens (including phenoxy) is 3. The Labute approximate surface area is 211 Å². The summed E-state index contributed by atoms with van der Waals surface area (Å²) in [6, 6.07) is 6.03. The topological polar surface area (TPSA) is 97.3 Å². The summed E-state index contributed by atoms with van der Waals surface area (Å²) in [6.07, 6.45) is 5.28. The van der Waals surface area contributed by atoms with E-state index in [-0.39, 0.29) is 31.1 Å². The van der Waals surface area contributed by atoms with Crippen molar-refractivity contribution in [3.8, 4) is 11.5 Å². The second-order valence-electron chi connectivity index (χ2n) is 9.52. The average molecular weight is 496 g/mol. The smallest absolute Gasteiger partial charge is 0.274 e. The molecule has 0 spiro atoms. The van der Waals surface area contributed by atoms with E-state index in [1.54, 1.807) is 11.1 Å². The van der Waals surface area contributed by atoms with Crippen LogP contribution in [-0.2, 0) is 16.1 Å². The molecular formula is C26H33N5O5. The van der Waals surface area contributed by atoms with Gasteiger partial charge in [-0.25, -0.2) is 4.98 Å². The number of aromatic nitrogens is 2. The van der Waals surface area contributed by atoms with Crippen LogP contribution >= 0.6 is 0 Å². The van der Waals surface area contributed by atoms with E-state index in [2.05, 4.69) is 20.9 Å². The van der Waals surface area contributed by atoms with Crippen LogP contribution in [0.15, 0.2) is 30.6 Å². The molecule has 0 radical (unpaired) electrons. The highest BCUT2D eigenvalue weighted by Gasteiger charge is 2.27. The molecule has 3 aliphatic heterocycles. The van der Waals surface area contributed by atoms with Gasteiger partial charge in [-0.3, -0.25) is 19.5 Å². The Kier molecular flexibility index (Phi) is 7.62. The van der Waals surface area contributed by atoms with Crippen LogP contribution in [-0.4, -0.2) is 95.3 Å². The SMILES string of the molecule is Cc1cnc(C(=O)N(CCC(=O)N2CCN(Cc3ccc4c(c3)OCO4)CC2)CC2CCCO2)cn1. The number of rotatable bonds is 8. The predicted molar refractivity (Wildman–Crippen MR) is 131 cm³/mol. The Bertz CT molecular complexity index is 1060. The molecule has 2 aromatic rings. The van der Waals surface area contributed by atoms with Crippen molar-refractivity contribution < 1.29 is 23.8 Å². The molecule has 3 aliphatic rings. The zero-order chi connectivity index (χ0) is 24.9. The van der Waals surface area contributed by atoms with Crippen LogP contribution in [0.3, 0.4) is 0 Å². The Morgan fingerprint density at radius 1 is 1.08 bits per heavy atom. The van der Waals surface area contributed by atoms with Crippen LogP contribution in [0.1, 0.15) is 41.0 Å². The van der Waals surface area contributed by atoms with Gasteiger partial charge >= 0.3 is 0 Å². The van der Waals surface area contributed by atoms with Crippen molar-refractivity contribution in [1.29, 1.82) is 0 Å². The van der Waals surface area contributed by atoms with Crippen molar-refractivity contribution in [1.82, 2.24) is 24.7 Å². The van der Waals surface area contributed by atoms with E-state index in [4.69, 9.17) is 14.2 Å². The highest BCUT2D eigenvalue weighted by atomic mass is 16.7. The average Bonchev–Trinajstić information content (AvgIpc) is 3.58. The molecule has 36 heavy (non-hydrogen) atoms. The van der Waals surface area contributed by atoms with E-state index >= 15 is 0 Å². The zero-order valence-electron chi connectivity index (χ0n) is 20.7. The highest BCUT2D eigenvalue weighted by Crippen LogP contribution is 2.32. The number of hydrogen-bond acceptors (Lipinski definition) is 8. The molecule has 0 aliphatic carbocycles. The summed E-state index contributed by atoms with van der Waals surface area (Å²) in [5.41, 5.74) is 2.22. The van der Waals surface area contributed by atoms with Crippen molar-refractivity contribution in [2.45, 2.75) is 38.8 Å². The molecule has 2 amide bonds. The minimum absolute atomic E-state index is 0.00202. The lowest BCUT2D eigenvalue weighted by molar-refractivity contribution is -0.133. The molecular weight excluding hydrogens is 462 g/mol. The number of benzene rings is 1. The van der Waals surface area contributed by atoms with Gasteiger partial charge in [-0.2, -0.15) is 0 Å². The third kappa shape index (κ3) is 5.93. The van der Waals surface area contributed by atoms with Gasteiger partial charge in [-0.05, 0) is 37.5 Å². The lowest BCUT2D eigenvalue weighted by Gasteiger charge is -2.35. The van der Waals surface area contributed by atoms with Crippen molar-refractivity contribution >= 4 is 11.8 Å². The maximum absolute atomic E-state index is 13.1. The fraction of sp³-hybridized carbons (Fsp3) is 0.538. The van der Waals surface area contributed by atoms with Crippen molar-refractivity contribution in [2.24, 2.45) is 0 Å². The summed E-state index contributed by atoms with van der Waals surface area (Å²) >= 11 is 0. The molecule has 2 fully saturated rings. The molecule has 10 heteroatoms. The van der Waals surface area contributed by atoms with Crippen molar-refractivity contribution in [3.05, 3.63) is 47.5 Å². The van der Waals surface area contributed by atoms with Gasteiger partial charge in [0, 0.05) is 65.0 Å². The molecule has 0 saturated carbocycles. The van der Waals surface area contributed by atoms with Crippen LogP contribution in [0.5, 0.6) is 11.5 Å². The number of aryl methyl sites for hydroxylation is 1. The van der Waals surface area contributed by atoms with Gasteiger partial charge in [0.2, 0.25) is 12.7 Å². The lowest BCUT2D eigenvalue weighted by Crippen LogP contribution is -2.49. The second-order valence-corrected chi connectivity index (χ2v) is 9.52. The fourth-order valence-electron chi connectivity index (χ4n) is 4.82. The Balaban J connectivity index is 1.12. The van der Waals surface area contributed by atoms with Crippen molar-refractivity contribution in [2.75, 3.05) is 52.7 Å². The maximum Gasteiger partial charge on any atom is 0.274 e. The molecule has 1 aromatic heterocycles. The number of nitrogens with zero attached hydrogens (tertiary/aromatic N) is 5. The number of hydrogen-bond donors (Lipinski definition) is 0. The quantitative estimate of drug-likeness (QED) is 0.548. The minimum Gasteiger partial charge on any atom is -0.454 e. The van der Waals surface area contributed by atoms with Gasteiger partial charge in [-0.15, -0.1) is 0 Å². The van der Waals surface area contributed by atoms with E-state index in [1.807, 2.05) is 24.0 Å². The Hall–Kier alpha value is -3.24. The van der Waals surface area contributed by atoms with Crippen LogP contribution in [0.25, 0.3) is 0 Å². The fourth-order valence-corrected chi connectivity index (χ4v) is 4.82. The first-order valence-electron chi connectivity index (χ1n) is 12.6. The molecule has 5 rings (SSSR count). The van der Waals surface area contributed by atoms with Crippen LogP contribution in [0.4, 0.5) is 0 Å². The van der Waals surface area contributed by atoms with E-state index in [1.165, 1.54) is 11.8 Å². The molecule has 1 unspecified atom stereocenters. The molecule has 2 saturated heterocycles. The normalized spacial score (nSPS) is 19.5. The predicted octanol–water partition coefficient (Wildman–Crippen LogP) is 1.87. The van der Waals surface area contributed by atoms with Gasteiger partial charge in [0.05, 0.1) is 18.0 Å². The standard InChI is InChI=1S/C26H33N5O5/c1-19-14-28-22(15-27-19)26(33)31(17-21-3-2-12-34-21)7-6-25(32)30-10-8-29(9-11-30)16-20-4-5-23-24(13-20)36-18-35-23/h4-5,13-15,21H,2-3,6-12,16-18H2,1H3. The Morgan fingerprint density at radius 2 is 1.92 bits per heavy atom. The first kappa shape index (κ1) is 24.5. The molecule has 10 nitrogen and oxygen atoms in total. The molecule has 0 N–H and O–H groups in total. The largest absolute Gasteiger partial charge is 0.454 e. The monoisotopic (exact) mass is 495 g/mol. The van der Waals surface area contributed by atoms with Gasteiger partial charge in [0.25, 0.3) is 5.91 Å². The first-order chi connectivity index (χ1) is 17.5. The first-order valence-corrected chi connectivity index (χ1v) is 12.6. The summed E-state index contributed by atoms with van der Waals surface area (Å²) in [7, 11) is 0. The molecule has 192 valence electrons. The zero-order valence-corrected chi connectivity index (χ0v) is 20.7. The molecule has 0 bridgehead atoms. The third-order valence-electron chi connectivity index (χ3n) is 6.90. The molecule has 1 aromatic carbocycles.